The summed E-state index contributed by atoms with van der Waals surface area (Å²) in [6.07, 6.45) is 3.40. The first kappa shape index (κ1) is 13.8. The molecule has 1 aliphatic carbocycles. The van der Waals surface area contributed by atoms with Crippen LogP contribution >= 0.6 is 11.3 Å². The van der Waals surface area contributed by atoms with E-state index in [-0.39, 0.29) is 11.7 Å². The zero-order chi connectivity index (χ0) is 14.1. The number of benzene rings is 1. The Balaban J connectivity index is 1.81. The van der Waals surface area contributed by atoms with Crippen LogP contribution in [0.25, 0.3) is 0 Å². The lowest BCUT2D eigenvalue weighted by molar-refractivity contribution is 0.134. The van der Waals surface area contributed by atoms with Gasteiger partial charge in [0.15, 0.2) is 0 Å². The molecule has 1 aliphatic rings. The summed E-state index contributed by atoms with van der Waals surface area (Å²) in [5.74, 6) is -0.0228. The highest BCUT2D eigenvalue weighted by Crippen LogP contribution is 2.37. The maximum atomic E-state index is 13.3. The molecule has 20 heavy (non-hydrogen) atoms. The van der Waals surface area contributed by atoms with Gasteiger partial charge in [0.05, 0.1) is 6.10 Å². The molecule has 1 aromatic carbocycles. The van der Waals surface area contributed by atoms with E-state index in [1.165, 1.54) is 16.5 Å². The van der Waals surface area contributed by atoms with Crippen LogP contribution in [-0.2, 0) is 12.8 Å². The minimum absolute atomic E-state index is 0.202. The molecule has 1 N–H and O–H groups in total. The van der Waals surface area contributed by atoms with Crippen molar-refractivity contribution in [1.29, 1.82) is 0 Å². The number of rotatable bonds is 3. The average molecular weight is 290 g/mol. The lowest BCUT2D eigenvalue weighted by atomic mass is 9.81. The average Bonchev–Trinajstić information content (AvgIpc) is 2.91. The summed E-state index contributed by atoms with van der Waals surface area (Å²) in [7, 11) is 0. The number of hydrogen-bond acceptors (Lipinski definition) is 2. The molecule has 106 valence electrons. The second kappa shape index (κ2) is 5.66. The van der Waals surface area contributed by atoms with Crippen molar-refractivity contribution >= 4 is 11.3 Å². The first-order chi connectivity index (χ1) is 9.65. The van der Waals surface area contributed by atoms with Gasteiger partial charge >= 0.3 is 0 Å². The van der Waals surface area contributed by atoms with E-state index in [1.54, 1.807) is 23.5 Å². The van der Waals surface area contributed by atoms with E-state index in [0.29, 0.717) is 6.42 Å². The fourth-order valence-corrected chi connectivity index (χ4v) is 4.15. The van der Waals surface area contributed by atoms with Crippen molar-refractivity contribution in [2.24, 2.45) is 0 Å². The van der Waals surface area contributed by atoms with Gasteiger partial charge in [-0.1, -0.05) is 6.07 Å². The summed E-state index contributed by atoms with van der Waals surface area (Å²) < 4.78 is 13.3. The number of hydrogen-bond donors (Lipinski definition) is 1. The Morgan fingerprint density at radius 2 is 2.25 bits per heavy atom. The van der Waals surface area contributed by atoms with Crippen LogP contribution < -0.4 is 0 Å². The van der Waals surface area contributed by atoms with E-state index in [2.05, 4.69) is 11.4 Å². The third-order valence-electron chi connectivity index (χ3n) is 4.30. The Hall–Kier alpha value is -1.19. The summed E-state index contributed by atoms with van der Waals surface area (Å²) in [4.78, 5) is 1.41. The van der Waals surface area contributed by atoms with Crippen molar-refractivity contribution in [2.45, 2.75) is 44.6 Å². The molecule has 0 saturated heterocycles. The van der Waals surface area contributed by atoms with Crippen molar-refractivity contribution in [3.63, 3.8) is 0 Å². The second-order valence-electron chi connectivity index (χ2n) is 5.64. The Kier molecular flexibility index (Phi) is 3.90. The van der Waals surface area contributed by atoms with Crippen LogP contribution in [0.5, 0.6) is 0 Å². The Labute approximate surface area is 123 Å². The van der Waals surface area contributed by atoms with Crippen molar-refractivity contribution < 1.29 is 9.50 Å². The van der Waals surface area contributed by atoms with Crippen molar-refractivity contribution in [3.05, 3.63) is 57.0 Å². The Morgan fingerprint density at radius 1 is 1.40 bits per heavy atom. The summed E-state index contributed by atoms with van der Waals surface area (Å²) in [6, 6.07) is 6.96. The Morgan fingerprint density at radius 3 is 3.10 bits per heavy atom. The van der Waals surface area contributed by atoms with Gasteiger partial charge in [0.25, 0.3) is 0 Å². The molecule has 1 heterocycles. The van der Waals surface area contributed by atoms with Gasteiger partial charge in [0.1, 0.15) is 5.82 Å². The zero-order valence-electron chi connectivity index (χ0n) is 11.6. The normalized spacial score (nSPS) is 19.6. The zero-order valence-corrected chi connectivity index (χ0v) is 12.4. The molecule has 2 unspecified atom stereocenters. The molecule has 0 amide bonds. The highest BCUT2D eigenvalue weighted by molar-refractivity contribution is 7.10. The first-order valence-corrected chi connectivity index (χ1v) is 8.02. The maximum absolute atomic E-state index is 13.3. The summed E-state index contributed by atoms with van der Waals surface area (Å²) in [5, 5.41) is 12.7. The minimum atomic E-state index is -0.427. The van der Waals surface area contributed by atoms with E-state index in [4.69, 9.17) is 0 Å². The number of fused-ring (bicyclic) bond motifs is 1. The van der Waals surface area contributed by atoms with E-state index >= 15 is 0 Å². The molecular weight excluding hydrogens is 271 g/mol. The number of thiophene rings is 1. The smallest absolute Gasteiger partial charge is 0.123 e. The van der Waals surface area contributed by atoms with Crippen molar-refractivity contribution in [3.8, 4) is 0 Å². The molecule has 0 radical (unpaired) electrons. The first-order valence-electron chi connectivity index (χ1n) is 7.14. The molecule has 2 atom stereocenters. The monoisotopic (exact) mass is 290 g/mol. The van der Waals surface area contributed by atoms with Crippen LogP contribution in [0.1, 0.15) is 40.3 Å². The molecule has 1 aromatic heterocycles. The van der Waals surface area contributed by atoms with Gasteiger partial charge in [-0.2, -0.15) is 0 Å². The number of aryl methyl sites for hydroxylation is 2. The minimum Gasteiger partial charge on any atom is -0.392 e. The fraction of sp³-hybridized carbons (Fsp3) is 0.412. The van der Waals surface area contributed by atoms with Gasteiger partial charge in [-0.25, -0.2) is 4.39 Å². The van der Waals surface area contributed by atoms with Gasteiger partial charge in [-0.05, 0) is 72.9 Å². The predicted molar refractivity (Wildman–Crippen MR) is 80.8 cm³/mol. The molecule has 0 spiro atoms. The van der Waals surface area contributed by atoms with Crippen LogP contribution in [0.15, 0.2) is 29.6 Å². The van der Waals surface area contributed by atoms with E-state index in [1.807, 2.05) is 6.92 Å². The highest BCUT2D eigenvalue weighted by atomic mass is 32.1. The summed E-state index contributed by atoms with van der Waals surface area (Å²) in [6.45, 7) is 1.97. The molecule has 2 aromatic rings. The molecule has 0 bridgehead atoms. The predicted octanol–water partition coefficient (Wildman–Crippen LogP) is 4.22. The van der Waals surface area contributed by atoms with Crippen LogP contribution in [-0.4, -0.2) is 11.2 Å². The largest absolute Gasteiger partial charge is 0.392 e. The van der Waals surface area contributed by atoms with Gasteiger partial charge < -0.3 is 5.11 Å². The van der Waals surface area contributed by atoms with Crippen LogP contribution in [0.3, 0.4) is 0 Å². The lowest BCUT2D eigenvalue weighted by Gasteiger charge is -2.27. The molecule has 0 saturated carbocycles. The quantitative estimate of drug-likeness (QED) is 0.897. The number of aliphatic hydroxyl groups is 1. The van der Waals surface area contributed by atoms with Crippen molar-refractivity contribution in [1.82, 2.24) is 0 Å². The summed E-state index contributed by atoms with van der Waals surface area (Å²) >= 11 is 1.79. The maximum Gasteiger partial charge on any atom is 0.123 e. The lowest BCUT2D eigenvalue weighted by Crippen LogP contribution is -2.24. The molecule has 3 rings (SSSR count). The topological polar surface area (TPSA) is 20.2 Å². The molecular formula is C17H19FOS. The molecule has 3 heteroatoms. The van der Waals surface area contributed by atoms with Gasteiger partial charge in [-0.15, -0.1) is 11.3 Å². The Bertz CT molecular complexity index is 605. The van der Waals surface area contributed by atoms with Gasteiger partial charge in [0.2, 0.25) is 0 Å². The van der Waals surface area contributed by atoms with Gasteiger partial charge in [0, 0.05) is 10.8 Å². The molecule has 0 aliphatic heterocycles. The van der Waals surface area contributed by atoms with Crippen LogP contribution in [0, 0.1) is 12.7 Å². The summed E-state index contributed by atoms with van der Waals surface area (Å²) in [5.41, 5.74) is 3.27. The van der Waals surface area contributed by atoms with E-state index in [0.717, 1.165) is 30.4 Å². The van der Waals surface area contributed by atoms with Crippen LogP contribution in [0.2, 0.25) is 0 Å². The van der Waals surface area contributed by atoms with E-state index < -0.39 is 6.10 Å². The number of aliphatic hydroxyl groups excluding tert-OH is 1. The van der Waals surface area contributed by atoms with Gasteiger partial charge in [-0.3, -0.25) is 0 Å². The van der Waals surface area contributed by atoms with Crippen LogP contribution in [0.4, 0.5) is 4.39 Å². The van der Waals surface area contributed by atoms with E-state index in [9.17, 15) is 9.50 Å². The fourth-order valence-electron chi connectivity index (χ4n) is 3.15. The van der Waals surface area contributed by atoms with Crippen molar-refractivity contribution in [2.75, 3.05) is 0 Å². The molecule has 1 nitrogen and oxygen atoms in total. The molecule has 0 fully saturated rings. The number of halogens is 1. The highest BCUT2D eigenvalue weighted by Gasteiger charge is 2.27. The standard InChI is InChI=1S/C17H19FOS/c1-11-5-6-13(18)9-12(11)10-16(19)14-3-2-4-17-15(14)7-8-20-17/h5-9,14,16,19H,2-4,10H2,1H3. The second-order valence-corrected chi connectivity index (χ2v) is 6.64. The third kappa shape index (κ3) is 2.65. The third-order valence-corrected chi connectivity index (χ3v) is 5.30. The SMILES string of the molecule is Cc1ccc(F)cc1CC(O)C1CCCc2sccc21.